The number of rotatable bonds is 6. The van der Waals surface area contributed by atoms with Crippen molar-refractivity contribution in [3.05, 3.63) is 59.4 Å². The lowest BCUT2D eigenvalue weighted by molar-refractivity contribution is 0.0792. The summed E-state index contributed by atoms with van der Waals surface area (Å²) in [7, 11) is 3.46. The average Bonchev–Trinajstić information content (AvgIpc) is 3.03. The van der Waals surface area contributed by atoms with Gasteiger partial charge in [0.05, 0.1) is 18.1 Å². The van der Waals surface area contributed by atoms with Crippen LogP contribution >= 0.6 is 0 Å². The van der Waals surface area contributed by atoms with E-state index in [0.29, 0.717) is 12.1 Å². The molecular weight excluding hydrogens is 314 g/mol. The normalized spacial score (nSPS) is 10.8. The van der Waals surface area contributed by atoms with Crippen molar-refractivity contribution < 1.29 is 9.53 Å². The van der Waals surface area contributed by atoms with Crippen molar-refractivity contribution in [2.75, 3.05) is 20.7 Å². The lowest BCUT2D eigenvalue weighted by Crippen LogP contribution is -2.28. The molecule has 0 saturated heterocycles. The average molecular weight is 337 g/mol. The number of fused-ring (bicyclic) bond motifs is 1. The minimum Gasteiger partial charge on any atom is -0.497 e. The van der Waals surface area contributed by atoms with Crippen LogP contribution in [0, 0.1) is 6.92 Å². The summed E-state index contributed by atoms with van der Waals surface area (Å²) in [6.07, 6.45) is 1.67. The molecule has 2 aromatic carbocycles. The summed E-state index contributed by atoms with van der Waals surface area (Å²) in [5.41, 5.74) is 3.67. The third kappa shape index (κ3) is 3.82. The van der Waals surface area contributed by atoms with Gasteiger partial charge in [0, 0.05) is 25.6 Å². The molecule has 0 saturated carbocycles. The largest absolute Gasteiger partial charge is 0.497 e. The van der Waals surface area contributed by atoms with E-state index in [4.69, 9.17) is 4.74 Å². The lowest BCUT2D eigenvalue weighted by Gasteiger charge is -2.18. The first-order valence-corrected chi connectivity index (χ1v) is 8.42. The van der Waals surface area contributed by atoms with Crippen LogP contribution in [-0.2, 0) is 6.42 Å². The number of aromatic nitrogens is 2. The van der Waals surface area contributed by atoms with E-state index in [-0.39, 0.29) is 5.91 Å². The van der Waals surface area contributed by atoms with Crippen molar-refractivity contribution in [3.8, 4) is 5.75 Å². The first-order valence-electron chi connectivity index (χ1n) is 8.42. The first kappa shape index (κ1) is 17.0. The molecule has 1 amide bonds. The number of nitrogens with one attached hydrogen (secondary N) is 1. The molecule has 25 heavy (non-hydrogen) atoms. The van der Waals surface area contributed by atoms with E-state index >= 15 is 0 Å². The number of aryl methyl sites for hydroxylation is 2. The van der Waals surface area contributed by atoms with Crippen LogP contribution in [-0.4, -0.2) is 41.5 Å². The van der Waals surface area contributed by atoms with Crippen molar-refractivity contribution in [1.82, 2.24) is 14.9 Å². The molecular formula is C20H23N3O2. The fourth-order valence-electron chi connectivity index (χ4n) is 2.92. The monoisotopic (exact) mass is 337 g/mol. The van der Waals surface area contributed by atoms with Crippen molar-refractivity contribution in [1.29, 1.82) is 0 Å². The SMILES string of the molecule is COc1ccc(C(=O)N(C)CCCc2nc3ccccc3[nH]2)c(C)c1. The summed E-state index contributed by atoms with van der Waals surface area (Å²) in [6, 6.07) is 13.5. The number of para-hydroxylation sites is 2. The van der Waals surface area contributed by atoms with Gasteiger partial charge in [-0.05, 0) is 49.2 Å². The third-order valence-electron chi connectivity index (χ3n) is 4.36. The zero-order valence-electron chi connectivity index (χ0n) is 14.9. The topological polar surface area (TPSA) is 58.2 Å². The molecule has 5 nitrogen and oxygen atoms in total. The quantitative estimate of drug-likeness (QED) is 0.748. The maximum Gasteiger partial charge on any atom is 0.253 e. The molecule has 0 fully saturated rings. The fourth-order valence-corrected chi connectivity index (χ4v) is 2.92. The molecule has 0 spiro atoms. The van der Waals surface area contributed by atoms with Gasteiger partial charge in [-0.25, -0.2) is 4.98 Å². The van der Waals surface area contributed by atoms with E-state index in [1.165, 1.54) is 0 Å². The highest BCUT2D eigenvalue weighted by Crippen LogP contribution is 2.18. The van der Waals surface area contributed by atoms with Gasteiger partial charge in [-0.3, -0.25) is 4.79 Å². The van der Waals surface area contributed by atoms with Crippen LogP contribution in [0.5, 0.6) is 5.75 Å². The number of ether oxygens (including phenoxy) is 1. The molecule has 3 rings (SSSR count). The highest BCUT2D eigenvalue weighted by Gasteiger charge is 2.14. The number of hydrogen-bond donors (Lipinski definition) is 1. The van der Waals surface area contributed by atoms with Crippen LogP contribution < -0.4 is 4.74 Å². The molecule has 0 radical (unpaired) electrons. The van der Waals surface area contributed by atoms with Crippen LogP contribution in [0.25, 0.3) is 11.0 Å². The van der Waals surface area contributed by atoms with Gasteiger partial charge < -0.3 is 14.6 Å². The van der Waals surface area contributed by atoms with Crippen LogP contribution in [0.3, 0.4) is 0 Å². The van der Waals surface area contributed by atoms with Gasteiger partial charge in [0.2, 0.25) is 0 Å². The summed E-state index contributed by atoms with van der Waals surface area (Å²) in [6.45, 7) is 2.61. The van der Waals surface area contributed by atoms with E-state index in [2.05, 4.69) is 9.97 Å². The predicted octanol–water partition coefficient (Wildman–Crippen LogP) is 3.58. The molecule has 1 N–H and O–H groups in total. The number of amides is 1. The first-order chi connectivity index (χ1) is 12.1. The molecule has 0 aliphatic carbocycles. The maximum atomic E-state index is 12.6. The molecule has 0 aliphatic heterocycles. The number of methoxy groups -OCH3 is 1. The molecule has 1 aromatic heterocycles. The summed E-state index contributed by atoms with van der Waals surface area (Å²) < 4.78 is 5.19. The van der Waals surface area contributed by atoms with Crippen LogP contribution in [0.1, 0.15) is 28.2 Å². The highest BCUT2D eigenvalue weighted by atomic mass is 16.5. The summed E-state index contributed by atoms with van der Waals surface area (Å²) in [5.74, 6) is 1.76. The van der Waals surface area contributed by atoms with E-state index in [9.17, 15) is 4.79 Å². The van der Waals surface area contributed by atoms with Gasteiger partial charge >= 0.3 is 0 Å². The van der Waals surface area contributed by atoms with Crippen molar-refractivity contribution in [2.45, 2.75) is 19.8 Å². The van der Waals surface area contributed by atoms with Crippen LogP contribution in [0.4, 0.5) is 0 Å². The number of carbonyl (C=O) groups is 1. The van der Waals surface area contributed by atoms with Crippen molar-refractivity contribution in [3.63, 3.8) is 0 Å². The number of H-pyrrole nitrogens is 1. The second-order valence-corrected chi connectivity index (χ2v) is 6.21. The minimum absolute atomic E-state index is 0.0322. The van der Waals surface area contributed by atoms with Crippen molar-refractivity contribution in [2.24, 2.45) is 0 Å². The smallest absolute Gasteiger partial charge is 0.253 e. The number of benzene rings is 2. The van der Waals surface area contributed by atoms with E-state index in [1.54, 1.807) is 12.0 Å². The van der Waals surface area contributed by atoms with Gasteiger partial charge in [-0.15, -0.1) is 0 Å². The number of imidazole rings is 1. The number of carbonyl (C=O) groups excluding carboxylic acids is 1. The summed E-state index contributed by atoms with van der Waals surface area (Å²) in [4.78, 5) is 22.3. The Morgan fingerprint density at radius 1 is 1.24 bits per heavy atom. The van der Waals surface area contributed by atoms with Gasteiger partial charge in [-0.2, -0.15) is 0 Å². The molecule has 5 heteroatoms. The van der Waals surface area contributed by atoms with Gasteiger partial charge in [0.1, 0.15) is 11.6 Å². The molecule has 0 aliphatic rings. The Kier molecular flexibility index (Phi) is 5.03. The van der Waals surface area contributed by atoms with Gasteiger partial charge in [-0.1, -0.05) is 12.1 Å². The molecule has 0 atom stereocenters. The number of hydrogen-bond acceptors (Lipinski definition) is 3. The van der Waals surface area contributed by atoms with Gasteiger partial charge in [0.25, 0.3) is 5.91 Å². The Morgan fingerprint density at radius 3 is 2.76 bits per heavy atom. The van der Waals surface area contributed by atoms with Crippen LogP contribution in [0.2, 0.25) is 0 Å². The Bertz CT molecular complexity index is 853. The van der Waals surface area contributed by atoms with E-state index < -0.39 is 0 Å². The Labute approximate surface area is 147 Å². The second-order valence-electron chi connectivity index (χ2n) is 6.21. The van der Waals surface area contributed by atoms with E-state index in [1.807, 2.05) is 56.4 Å². The minimum atomic E-state index is 0.0322. The standard InChI is InChI=1S/C20H23N3O2/c1-14-13-15(25-3)10-11-16(14)20(24)23(2)12-6-9-19-21-17-7-4-5-8-18(17)22-19/h4-5,7-8,10-11,13H,6,9,12H2,1-3H3,(H,21,22). The third-order valence-corrected chi connectivity index (χ3v) is 4.36. The van der Waals surface area contributed by atoms with E-state index in [0.717, 1.165) is 41.0 Å². The molecule has 0 bridgehead atoms. The maximum absolute atomic E-state index is 12.6. The highest BCUT2D eigenvalue weighted by molar-refractivity contribution is 5.95. The Morgan fingerprint density at radius 2 is 2.04 bits per heavy atom. The summed E-state index contributed by atoms with van der Waals surface area (Å²) in [5, 5.41) is 0. The zero-order chi connectivity index (χ0) is 17.8. The fraction of sp³-hybridized carbons (Fsp3) is 0.300. The van der Waals surface area contributed by atoms with Gasteiger partial charge in [0.15, 0.2) is 0 Å². The molecule has 0 unspecified atom stereocenters. The molecule has 130 valence electrons. The second kappa shape index (κ2) is 7.38. The zero-order valence-corrected chi connectivity index (χ0v) is 14.9. The number of aromatic amines is 1. The Balaban J connectivity index is 1.58. The van der Waals surface area contributed by atoms with Crippen molar-refractivity contribution >= 4 is 16.9 Å². The summed E-state index contributed by atoms with van der Waals surface area (Å²) >= 11 is 0. The van der Waals surface area contributed by atoms with Crippen LogP contribution in [0.15, 0.2) is 42.5 Å². The molecule has 3 aromatic rings. The molecule has 1 heterocycles. The Hall–Kier alpha value is -2.82. The number of nitrogens with zero attached hydrogens (tertiary/aromatic N) is 2. The lowest BCUT2D eigenvalue weighted by atomic mass is 10.1. The predicted molar refractivity (Wildman–Crippen MR) is 99.1 cm³/mol.